The molecule has 1 saturated carbocycles. The fourth-order valence-electron chi connectivity index (χ4n) is 4.24. The first-order chi connectivity index (χ1) is 15.6. The predicted octanol–water partition coefficient (Wildman–Crippen LogP) is 5.03. The molecule has 0 N–H and O–H groups in total. The van der Waals surface area contributed by atoms with Gasteiger partial charge in [0.25, 0.3) is 0 Å². The van der Waals surface area contributed by atoms with Gasteiger partial charge in [0.15, 0.2) is 0 Å². The van der Waals surface area contributed by atoms with E-state index in [1.54, 1.807) is 16.2 Å². The molecule has 6 heteroatoms. The molecule has 2 aromatic rings. The quantitative estimate of drug-likeness (QED) is 0.421. The summed E-state index contributed by atoms with van der Waals surface area (Å²) >= 11 is 1.68. The van der Waals surface area contributed by atoms with Crippen LogP contribution in [0.4, 0.5) is 0 Å². The maximum absolute atomic E-state index is 13.5. The van der Waals surface area contributed by atoms with Crippen LogP contribution in [0.3, 0.4) is 0 Å². The van der Waals surface area contributed by atoms with Gasteiger partial charge in [-0.15, -0.1) is 11.3 Å². The second kappa shape index (κ2) is 12.8. The molecule has 1 aliphatic rings. The van der Waals surface area contributed by atoms with Crippen LogP contribution in [0.2, 0.25) is 0 Å². The van der Waals surface area contributed by atoms with Crippen LogP contribution >= 0.6 is 11.3 Å². The zero-order valence-electron chi connectivity index (χ0n) is 19.4. The molecule has 3 rings (SSSR count). The highest BCUT2D eigenvalue weighted by atomic mass is 32.1. The highest BCUT2D eigenvalue weighted by Gasteiger charge is 2.29. The van der Waals surface area contributed by atoms with Gasteiger partial charge in [0.2, 0.25) is 11.8 Å². The van der Waals surface area contributed by atoms with Crippen LogP contribution in [0.25, 0.3) is 0 Å². The zero-order chi connectivity index (χ0) is 22.8. The van der Waals surface area contributed by atoms with Gasteiger partial charge >= 0.3 is 0 Å². The maximum Gasteiger partial charge on any atom is 0.242 e. The average Bonchev–Trinajstić information content (AvgIpc) is 3.48. The number of hydrogen-bond acceptors (Lipinski definition) is 4. The third-order valence-corrected chi connectivity index (χ3v) is 7.14. The molecule has 5 nitrogen and oxygen atoms in total. The molecule has 0 aliphatic heterocycles. The van der Waals surface area contributed by atoms with Crippen molar-refractivity contribution in [2.75, 3.05) is 26.3 Å². The van der Waals surface area contributed by atoms with Gasteiger partial charge in [-0.05, 0) is 55.7 Å². The molecule has 1 aromatic carbocycles. The standard InChI is InChI=1S/C26H36N2O3S/c1-3-31-16-9-15-27(26(30)23-12-7-8-13-23)20-25(29)28(18-22-10-5-4-6-11-22)19-24-21(2)14-17-32-24/h4-6,10-11,14,17,23H,3,7-9,12-13,15-16,18-20H2,1-2H3. The van der Waals surface area contributed by atoms with Crippen molar-refractivity contribution in [3.8, 4) is 0 Å². The van der Waals surface area contributed by atoms with Crippen LogP contribution in [0, 0.1) is 12.8 Å². The first-order valence-electron chi connectivity index (χ1n) is 11.8. The summed E-state index contributed by atoms with van der Waals surface area (Å²) in [6.45, 7) is 7.15. The Hall–Kier alpha value is -2.18. The first-order valence-corrected chi connectivity index (χ1v) is 12.7. The number of aryl methyl sites for hydroxylation is 1. The number of thiophene rings is 1. The second-order valence-electron chi connectivity index (χ2n) is 8.55. The summed E-state index contributed by atoms with van der Waals surface area (Å²) in [5.74, 6) is 0.209. The highest BCUT2D eigenvalue weighted by Crippen LogP contribution is 2.27. The molecular formula is C26H36N2O3S. The van der Waals surface area contributed by atoms with Crippen molar-refractivity contribution < 1.29 is 14.3 Å². The van der Waals surface area contributed by atoms with E-state index in [4.69, 9.17) is 4.74 Å². The van der Waals surface area contributed by atoms with Gasteiger partial charge in [0.1, 0.15) is 0 Å². The van der Waals surface area contributed by atoms with Gasteiger partial charge in [-0.25, -0.2) is 0 Å². The lowest BCUT2D eigenvalue weighted by molar-refractivity contribution is -0.143. The molecule has 0 radical (unpaired) electrons. The molecule has 0 unspecified atom stereocenters. The van der Waals surface area contributed by atoms with E-state index in [0.29, 0.717) is 32.8 Å². The Morgan fingerprint density at radius 3 is 2.47 bits per heavy atom. The van der Waals surface area contributed by atoms with Crippen LogP contribution in [0.1, 0.15) is 55.0 Å². The lowest BCUT2D eigenvalue weighted by atomic mass is 10.1. The minimum absolute atomic E-state index is 0.00408. The monoisotopic (exact) mass is 456 g/mol. The average molecular weight is 457 g/mol. The first kappa shape index (κ1) is 24.5. The third kappa shape index (κ3) is 7.17. The Morgan fingerprint density at radius 2 is 1.81 bits per heavy atom. The molecule has 174 valence electrons. The maximum atomic E-state index is 13.5. The summed E-state index contributed by atoms with van der Waals surface area (Å²) in [4.78, 5) is 31.6. The van der Waals surface area contributed by atoms with E-state index in [1.165, 1.54) is 10.4 Å². The fraction of sp³-hybridized carbons (Fsp3) is 0.538. The molecule has 1 fully saturated rings. The normalized spacial score (nSPS) is 13.9. The SMILES string of the molecule is CCOCCCN(CC(=O)N(Cc1ccccc1)Cc1sccc1C)C(=O)C1CCCC1. The van der Waals surface area contributed by atoms with Crippen LogP contribution in [-0.2, 0) is 27.4 Å². The van der Waals surface area contributed by atoms with Crippen LogP contribution < -0.4 is 0 Å². The number of amides is 2. The summed E-state index contributed by atoms with van der Waals surface area (Å²) in [5.41, 5.74) is 2.30. The van der Waals surface area contributed by atoms with Crippen molar-refractivity contribution >= 4 is 23.2 Å². The van der Waals surface area contributed by atoms with E-state index in [0.717, 1.165) is 37.7 Å². The highest BCUT2D eigenvalue weighted by molar-refractivity contribution is 7.10. The number of nitrogens with zero attached hydrogens (tertiary/aromatic N) is 2. The fourth-order valence-corrected chi connectivity index (χ4v) is 5.16. The van der Waals surface area contributed by atoms with E-state index in [9.17, 15) is 9.59 Å². The Morgan fingerprint density at radius 1 is 1.06 bits per heavy atom. The Kier molecular flexibility index (Phi) is 9.75. The molecule has 0 atom stereocenters. The van der Waals surface area contributed by atoms with Gasteiger partial charge in [-0.2, -0.15) is 0 Å². The predicted molar refractivity (Wildman–Crippen MR) is 129 cm³/mol. The number of carbonyl (C=O) groups is 2. The van der Waals surface area contributed by atoms with Crippen molar-refractivity contribution in [2.24, 2.45) is 5.92 Å². The summed E-state index contributed by atoms with van der Waals surface area (Å²) < 4.78 is 5.47. The smallest absolute Gasteiger partial charge is 0.242 e. The molecule has 2 amide bonds. The number of hydrogen-bond donors (Lipinski definition) is 0. The van der Waals surface area contributed by atoms with Crippen LogP contribution in [0.15, 0.2) is 41.8 Å². The molecule has 1 heterocycles. The summed E-state index contributed by atoms with van der Waals surface area (Å²) in [6, 6.07) is 12.2. The molecule has 1 aliphatic carbocycles. The molecule has 0 bridgehead atoms. The largest absolute Gasteiger partial charge is 0.382 e. The third-order valence-electron chi connectivity index (χ3n) is 6.13. The lowest BCUT2D eigenvalue weighted by Gasteiger charge is -2.29. The molecule has 0 spiro atoms. The molecule has 32 heavy (non-hydrogen) atoms. The summed E-state index contributed by atoms with van der Waals surface area (Å²) in [5, 5.41) is 2.07. The van der Waals surface area contributed by atoms with Gasteiger partial charge in [-0.3, -0.25) is 9.59 Å². The number of carbonyl (C=O) groups excluding carboxylic acids is 2. The summed E-state index contributed by atoms with van der Waals surface area (Å²) in [6.07, 6.45) is 4.85. The Labute approximate surface area is 196 Å². The number of benzene rings is 1. The van der Waals surface area contributed by atoms with Crippen molar-refractivity contribution in [3.05, 3.63) is 57.8 Å². The van der Waals surface area contributed by atoms with Crippen molar-refractivity contribution in [1.29, 1.82) is 0 Å². The topological polar surface area (TPSA) is 49.9 Å². The number of rotatable bonds is 12. The minimum Gasteiger partial charge on any atom is -0.382 e. The van der Waals surface area contributed by atoms with Gasteiger partial charge in [0, 0.05) is 37.1 Å². The van der Waals surface area contributed by atoms with E-state index in [1.807, 2.05) is 42.2 Å². The molecular weight excluding hydrogens is 420 g/mol. The van der Waals surface area contributed by atoms with E-state index in [-0.39, 0.29) is 24.3 Å². The summed E-state index contributed by atoms with van der Waals surface area (Å²) in [7, 11) is 0. The molecule has 1 aromatic heterocycles. The van der Waals surface area contributed by atoms with E-state index >= 15 is 0 Å². The van der Waals surface area contributed by atoms with Crippen LogP contribution in [-0.4, -0.2) is 47.9 Å². The molecule has 0 saturated heterocycles. The van der Waals surface area contributed by atoms with Crippen molar-refractivity contribution in [2.45, 2.75) is 59.0 Å². The van der Waals surface area contributed by atoms with E-state index < -0.39 is 0 Å². The van der Waals surface area contributed by atoms with Gasteiger partial charge < -0.3 is 14.5 Å². The van der Waals surface area contributed by atoms with E-state index in [2.05, 4.69) is 18.4 Å². The van der Waals surface area contributed by atoms with Gasteiger partial charge in [0.05, 0.1) is 13.1 Å². The van der Waals surface area contributed by atoms with Crippen LogP contribution in [0.5, 0.6) is 0 Å². The second-order valence-corrected chi connectivity index (χ2v) is 9.55. The number of ether oxygens (including phenoxy) is 1. The minimum atomic E-state index is 0.00408. The van der Waals surface area contributed by atoms with Gasteiger partial charge in [-0.1, -0.05) is 43.2 Å². The Balaban J connectivity index is 1.72. The lowest BCUT2D eigenvalue weighted by Crippen LogP contribution is -2.44. The Bertz CT molecular complexity index is 846. The zero-order valence-corrected chi connectivity index (χ0v) is 20.2. The van der Waals surface area contributed by atoms with Crippen molar-refractivity contribution in [1.82, 2.24) is 9.80 Å². The van der Waals surface area contributed by atoms with Crippen molar-refractivity contribution in [3.63, 3.8) is 0 Å².